The predicted octanol–water partition coefficient (Wildman–Crippen LogP) is 5.64. The Morgan fingerprint density at radius 2 is 1.41 bits per heavy atom. The Kier molecular flexibility index (Phi) is 4.77. The maximum absolute atomic E-state index is 11.8. The summed E-state index contributed by atoms with van der Waals surface area (Å²) in [6, 6.07) is 23.8. The summed E-state index contributed by atoms with van der Waals surface area (Å²) in [4.78, 5) is 18.6. The van der Waals surface area contributed by atoms with Gasteiger partial charge in [0.2, 0.25) is 0 Å². The van der Waals surface area contributed by atoms with Gasteiger partial charge in [0.05, 0.1) is 16.8 Å². The summed E-state index contributed by atoms with van der Waals surface area (Å²) in [5.74, 6) is -0.943. The number of aromatic nitrogens is 1. The molecule has 4 aromatic rings. The summed E-state index contributed by atoms with van der Waals surface area (Å²) in [5, 5.41) is 10.3. The van der Waals surface area contributed by atoms with Crippen LogP contribution in [0.5, 0.6) is 0 Å². The van der Waals surface area contributed by atoms with Crippen molar-refractivity contribution < 1.29 is 9.90 Å². The summed E-state index contributed by atoms with van der Waals surface area (Å²) in [7, 11) is 4.04. The molecule has 0 atom stereocenters. The van der Waals surface area contributed by atoms with E-state index in [0.717, 1.165) is 27.9 Å². The molecule has 0 radical (unpaired) electrons. The molecule has 1 aromatic heterocycles. The number of carbonyl (C=O) groups is 1. The highest BCUT2D eigenvalue weighted by molar-refractivity contribution is 6.04. The SMILES string of the molecule is Cc1ccc2nc(-c3ccc(-c4ccc(N(C)C)cc4)cc3)cc(C(=O)O)c2c1. The van der Waals surface area contributed by atoms with Crippen LogP contribution in [0.4, 0.5) is 5.69 Å². The van der Waals surface area contributed by atoms with Gasteiger partial charge in [0.25, 0.3) is 0 Å². The van der Waals surface area contributed by atoms with E-state index in [1.54, 1.807) is 6.07 Å². The predicted molar refractivity (Wildman–Crippen MR) is 119 cm³/mol. The van der Waals surface area contributed by atoms with Crippen molar-refractivity contribution in [2.75, 3.05) is 19.0 Å². The molecule has 0 saturated carbocycles. The lowest BCUT2D eigenvalue weighted by molar-refractivity contribution is 0.0699. The third-order valence-corrected chi connectivity index (χ3v) is 5.09. The molecule has 4 rings (SSSR count). The molecule has 0 aliphatic rings. The van der Waals surface area contributed by atoms with Gasteiger partial charge in [0.15, 0.2) is 0 Å². The number of carboxylic acids is 1. The Balaban J connectivity index is 1.73. The van der Waals surface area contributed by atoms with Crippen LogP contribution in [0.1, 0.15) is 15.9 Å². The molecule has 1 heterocycles. The zero-order valence-electron chi connectivity index (χ0n) is 16.7. The van der Waals surface area contributed by atoms with Crippen LogP contribution in [0.15, 0.2) is 72.8 Å². The highest BCUT2D eigenvalue weighted by Crippen LogP contribution is 2.28. The molecule has 0 aliphatic carbocycles. The molecule has 0 amide bonds. The van der Waals surface area contributed by atoms with Gasteiger partial charge in [-0.2, -0.15) is 0 Å². The molecule has 1 N–H and O–H groups in total. The van der Waals surface area contributed by atoms with Crippen molar-refractivity contribution in [3.8, 4) is 22.4 Å². The number of fused-ring (bicyclic) bond motifs is 1. The van der Waals surface area contributed by atoms with E-state index in [1.807, 2.05) is 63.5 Å². The summed E-state index contributed by atoms with van der Waals surface area (Å²) < 4.78 is 0. The van der Waals surface area contributed by atoms with E-state index in [4.69, 9.17) is 4.98 Å². The lowest BCUT2D eigenvalue weighted by Crippen LogP contribution is -2.07. The first-order valence-corrected chi connectivity index (χ1v) is 9.45. The molecule has 144 valence electrons. The number of aryl methyl sites for hydroxylation is 1. The fraction of sp³-hybridized carbons (Fsp3) is 0.120. The van der Waals surface area contributed by atoms with Crippen LogP contribution in [0.25, 0.3) is 33.3 Å². The van der Waals surface area contributed by atoms with Crippen molar-refractivity contribution in [1.82, 2.24) is 4.98 Å². The lowest BCUT2D eigenvalue weighted by atomic mass is 10.00. The number of benzene rings is 3. The lowest BCUT2D eigenvalue weighted by Gasteiger charge is -2.13. The van der Waals surface area contributed by atoms with Gasteiger partial charge in [0, 0.05) is 30.7 Å². The highest BCUT2D eigenvalue weighted by Gasteiger charge is 2.13. The number of anilines is 1. The van der Waals surface area contributed by atoms with Crippen LogP contribution < -0.4 is 4.90 Å². The number of pyridine rings is 1. The minimum Gasteiger partial charge on any atom is -0.478 e. The Morgan fingerprint density at radius 3 is 2.00 bits per heavy atom. The molecular weight excluding hydrogens is 360 g/mol. The van der Waals surface area contributed by atoms with Gasteiger partial charge in [-0.25, -0.2) is 9.78 Å². The van der Waals surface area contributed by atoms with E-state index in [2.05, 4.69) is 29.2 Å². The third-order valence-electron chi connectivity index (χ3n) is 5.09. The van der Waals surface area contributed by atoms with E-state index in [-0.39, 0.29) is 5.56 Å². The van der Waals surface area contributed by atoms with Gasteiger partial charge in [-0.15, -0.1) is 0 Å². The van der Waals surface area contributed by atoms with Crippen LogP contribution in [-0.2, 0) is 0 Å². The molecule has 29 heavy (non-hydrogen) atoms. The van der Waals surface area contributed by atoms with E-state index in [1.165, 1.54) is 0 Å². The van der Waals surface area contributed by atoms with E-state index < -0.39 is 5.97 Å². The molecule has 0 bridgehead atoms. The monoisotopic (exact) mass is 382 g/mol. The van der Waals surface area contributed by atoms with Gasteiger partial charge in [0.1, 0.15) is 0 Å². The minimum absolute atomic E-state index is 0.275. The maximum atomic E-state index is 11.8. The number of aromatic carboxylic acids is 1. The number of hydrogen-bond acceptors (Lipinski definition) is 3. The van der Waals surface area contributed by atoms with Crippen LogP contribution >= 0.6 is 0 Å². The van der Waals surface area contributed by atoms with Gasteiger partial charge >= 0.3 is 5.97 Å². The first kappa shape index (κ1) is 18.7. The fourth-order valence-corrected chi connectivity index (χ4v) is 3.45. The minimum atomic E-state index is -0.943. The van der Waals surface area contributed by atoms with E-state index in [0.29, 0.717) is 16.6 Å². The Bertz CT molecular complexity index is 1190. The number of hydrogen-bond donors (Lipinski definition) is 1. The fourth-order valence-electron chi connectivity index (χ4n) is 3.45. The van der Waals surface area contributed by atoms with E-state index in [9.17, 15) is 9.90 Å². The van der Waals surface area contributed by atoms with Crippen molar-refractivity contribution in [2.45, 2.75) is 6.92 Å². The van der Waals surface area contributed by atoms with Crippen LogP contribution in [0, 0.1) is 6.92 Å². The van der Waals surface area contributed by atoms with Crippen molar-refractivity contribution in [3.05, 3.63) is 83.9 Å². The molecule has 4 nitrogen and oxygen atoms in total. The number of carboxylic acid groups (broad SMARTS) is 1. The number of nitrogens with zero attached hydrogens (tertiary/aromatic N) is 2. The molecule has 0 unspecified atom stereocenters. The van der Waals surface area contributed by atoms with Gasteiger partial charge in [-0.3, -0.25) is 0 Å². The highest BCUT2D eigenvalue weighted by atomic mass is 16.4. The van der Waals surface area contributed by atoms with Gasteiger partial charge in [-0.1, -0.05) is 48.0 Å². The second-order valence-corrected chi connectivity index (χ2v) is 7.40. The molecule has 0 saturated heterocycles. The Morgan fingerprint density at radius 1 is 0.828 bits per heavy atom. The molecule has 4 heteroatoms. The molecule has 0 fully saturated rings. The summed E-state index contributed by atoms with van der Waals surface area (Å²) >= 11 is 0. The standard InChI is InChI=1S/C25H22N2O2/c1-16-4-13-23-21(14-16)22(25(28)29)15-24(26-23)19-7-5-17(6-8-19)18-9-11-20(12-10-18)27(2)3/h4-15H,1-3H3,(H,28,29). The average molecular weight is 382 g/mol. The Labute approximate surface area is 170 Å². The summed E-state index contributed by atoms with van der Waals surface area (Å²) in [6.45, 7) is 1.95. The van der Waals surface area contributed by atoms with E-state index >= 15 is 0 Å². The van der Waals surface area contributed by atoms with Crippen molar-refractivity contribution in [2.24, 2.45) is 0 Å². The quantitative estimate of drug-likeness (QED) is 0.496. The average Bonchev–Trinajstić information content (AvgIpc) is 2.73. The molecule has 0 aliphatic heterocycles. The second kappa shape index (κ2) is 7.40. The molecular formula is C25H22N2O2. The van der Waals surface area contributed by atoms with Crippen molar-refractivity contribution >= 4 is 22.6 Å². The second-order valence-electron chi connectivity index (χ2n) is 7.40. The zero-order chi connectivity index (χ0) is 20.5. The third kappa shape index (κ3) is 3.69. The van der Waals surface area contributed by atoms with Crippen molar-refractivity contribution in [3.63, 3.8) is 0 Å². The normalized spacial score (nSPS) is 10.9. The van der Waals surface area contributed by atoms with Gasteiger partial charge < -0.3 is 10.0 Å². The summed E-state index contributed by atoms with van der Waals surface area (Å²) in [6.07, 6.45) is 0. The van der Waals surface area contributed by atoms with Crippen molar-refractivity contribution in [1.29, 1.82) is 0 Å². The van der Waals surface area contributed by atoms with Crippen LogP contribution in [-0.4, -0.2) is 30.2 Å². The maximum Gasteiger partial charge on any atom is 0.336 e. The topological polar surface area (TPSA) is 53.4 Å². The first-order chi connectivity index (χ1) is 13.9. The largest absolute Gasteiger partial charge is 0.478 e. The molecule has 0 spiro atoms. The zero-order valence-corrected chi connectivity index (χ0v) is 16.7. The molecule has 3 aromatic carbocycles. The first-order valence-electron chi connectivity index (χ1n) is 9.45. The van der Waals surface area contributed by atoms with Gasteiger partial charge in [-0.05, 0) is 48.4 Å². The number of rotatable bonds is 4. The van der Waals surface area contributed by atoms with Crippen LogP contribution in [0.2, 0.25) is 0 Å². The van der Waals surface area contributed by atoms with Crippen LogP contribution in [0.3, 0.4) is 0 Å². The Hall–Kier alpha value is -3.66. The summed E-state index contributed by atoms with van der Waals surface area (Å²) in [5.41, 5.74) is 6.92. The smallest absolute Gasteiger partial charge is 0.336 e.